The minimum absolute atomic E-state index is 0.0372. The van der Waals surface area contributed by atoms with Crippen molar-refractivity contribution < 1.29 is 9.59 Å². The van der Waals surface area contributed by atoms with Crippen LogP contribution in [-0.4, -0.2) is 49.4 Å². The second-order valence-electron chi connectivity index (χ2n) is 4.96. The summed E-state index contributed by atoms with van der Waals surface area (Å²) >= 11 is 0. The van der Waals surface area contributed by atoms with Gasteiger partial charge in [-0.2, -0.15) is 0 Å². The van der Waals surface area contributed by atoms with Crippen molar-refractivity contribution in [2.24, 2.45) is 5.41 Å². The van der Waals surface area contributed by atoms with Gasteiger partial charge in [-0.3, -0.25) is 9.59 Å². The highest BCUT2D eigenvalue weighted by molar-refractivity contribution is 5.89. The van der Waals surface area contributed by atoms with E-state index in [-0.39, 0.29) is 23.8 Å². The number of carbonyl (C=O) groups excluding carboxylic acids is 2. The SMILES string of the molecule is CCC1(C(=O)N2CCNC(=O)C2)CCNCC1. The van der Waals surface area contributed by atoms with E-state index >= 15 is 0 Å². The van der Waals surface area contributed by atoms with Gasteiger partial charge in [-0.1, -0.05) is 6.92 Å². The molecule has 17 heavy (non-hydrogen) atoms. The van der Waals surface area contributed by atoms with Gasteiger partial charge in [0.1, 0.15) is 0 Å². The van der Waals surface area contributed by atoms with Crippen molar-refractivity contribution in [2.45, 2.75) is 26.2 Å². The van der Waals surface area contributed by atoms with Crippen LogP contribution in [0.3, 0.4) is 0 Å². The lowest BCUT2D eigenvalue weighted by molar-refractivity contribution is -0.148. The Morgan fingerprint density at radius 1 is 1.35 bits per heavy atom. The number of hydrogen-bond acceptors (Lipinski definition) is 3. The molecule has 5 heteroatoms. The van der Waals surface area contributed by atoms with Crippen LogP contribution in [0, 0.1) is 5.41 Å². The zero-order chi connectivity index (χ0) is 12.3. The number of piperazine rings is 1. The molecule has 0 atom stereocenters. The Balaban J connectivity index is 2.08. The molecule has 0 saturated carbocycles. The van der Waals surface area contributed by atoms with Gasteiger partial charge in [0.25, 0.3) is 0 Å². The summed E-state index contributed by atoms with van der Waals surface area (Å²) in [6, 6.07) is 0. The summed E-state index contributed by atoms with van der Waals surface area (Å²) in [5.41, 5.74) is -0.233. The zero-order valence-electron chi connectivity index (χ0n) is 10.4. The number of amides is 2. The molecule has 0 aromatic carbocycles. The molecule has 0 unspecified atom stereocenters. The molecule has 96 valence electrons. The predicted molar refractivity (Wildman–Crippen MR) is 64.4 cm³/mol. The molecule has 2 fully saturated rings. The van der Waals surface area contributed by atoms with Crippen molar-refractivity contribution in [1.29, 1.82) is 0 Å². The molecule has 0 aromatic heterocycles. The average molecular weight is 239 g/mol. The molecule has 2 aliphatic rings. The molecule has 0 bridgehead atoms. The van der Waals surface area contributed by atoms with Gasteiger partial charge < -0.3 is 15.5 Å². The second kappa shape index (κ2) is 5.04. The lowest BCUT2D eigenvalue weighted by Crippen LogP contribution is -2.56. The lowest BCUT2D eigenvalue weighted by atomic mass is 9.75. The molecule has 2 N–H and O–H groups in total. The van der Waals surface area contributed by atoms with Crippen LogP contribution in [0.5, 0.6) is 0 Å². The molecule has 2 rings (SSSR count). The first kappa shape index (κ1) is 12.4. The Kier molecular flexibility index (Phi) is 3.66. The van der Waals surface area contributed by atoms with Gasteiger partial charge in [0.05, 0.1) is 12.0 Å². The van der Waals surface area contributed by atoms with Crippen LogP contribution in [0.2, 0.25) is 0 Å². The molecular weight excluding hydrogens is 218 g/mol. The minimum Gasteiger partial charge on any atom is -0.353 e. The van der Waals surface area contributed by atoms with E-state index in [0.717, 1.165) is 32.4 Å². The molecule has 5 nitrogen and oxygen atoms in total. The van der Waals surface area contributed by atoms with E-state index in [0.29, 0.717) is 13.1 Å². The van der Waals surface area contributed by atoms with E-state index in [9.17, 15) is 9.59 Å². The number of nitrogens with one attached hydrogen (secondary N) is 2. The largest absolute Gasteiger partial charge is 0.353 e. The molecule has 0 radical (unpaired) electrons. The van der Waals surface area contributed by atoms with Gasteiger partial charge in [0.2, 0.25) is 11.8 Å². The molecule has 2 heterocycles. The topological polar surface area (TPSA) is 61.4 Å². The smallest absolute Gasteiger partial charge is 0.239 e. The van der Waals surface area contributed by atoms with Gasteiger partial charge in [0.15, 0.2) is 0 Å². The van der Waals surface area contributed by atoms with Crippen LogP contribution in [0.4, 0.5) is 0 Å². The van der Waals surface area contributed by atoms with E-state index in [4.69, 9.17) is 0 Å². The van der Waals surface area contributed by atoms with Gasteiger partial charge >= 0.3 is 0 Å². The fourth-order valence-electron chi connectivity index (χ4n) is 2.77. The fraction of sp³-hybridized carbons (Fsp3) is 0.833. The molecule has 2 amide bonds. The molecule has 2 aliphatic heterocycles. The summed E-state index contributed by atoms with van der Waals surface area (Å²) in [7, 11) is 0. The van der Waals surface area contributed by atoms with Crippen LogP contribution in [-0.2, 0) is 9.59 Å². The summed E-state index contributed by atoms with van der Waals surface area (Å²) in [4.78, 5) is 25.6. The number of nitrogens with zero attached hydrogens (tertiary/aromatic N) is 1. The standard InChI is InChI=1S/C12H21N3O2/c1-2-12(3-5-13-6-4-12)11(17)15-8-7-14-10(16)9-15/h13H,2-9H2,1H3,(H,14,16). The summed E-state index contributed by atoms with van der Waals surface area (Å²) in [5, 5.41) is 6.05. The van der Waals surface area contributed by atoms with Crippen molar-refractivity contribution in [1.82, 2.24) is 15.5 Å². The quantitative estimate of drug-likeness (QED) is 0.697. The third-order valence-corrected chi connectivity index (χ3v) is 4.02. The minimum atomic E-state index is -0.233. The Hall–Kier alpha value is -1.10. The Labute approximate surface area is 102 Å². The first-order valence-electron chi connectivity index (χ1n) is 6.45. The van der Waals surface area contributed by atoms with Crippen molar-refractivity contribution in [3.05, 3.63) is 0 Å². The van der Waals surface area contributed by atoms with E-state index in [1.165, 1.54) is 0 Å². The van der Waals surface area contributed by atoms with Gasteiger partial charge in [-0.05, 0) is 32.4 Å². The first-order valence-corrected chi connectivity index (χ1v) is 6.45. The van der Waals surface area contributed by atoms with E-state index in [2.05, 4.69) is 17.6 Å². The second-order valence-corrected chi connectivity index (χ2v) is 4.96. The zero-order valence-corrected chi connectivity index (χ0v) is 10.4. The molecule has 2 saturated heterocycles. The third kappa shape index (κ3) is 2.44. The summed E-state index contributed by atoms with van der Waals surface area (Å²) in [6.07, 6.45) is 2.65. The van der Waals surface area contributed by atoms with Crippen molar-refractivity contribution in [3.63, 3.8) is 0 Å². The monoisotopic (exact) mass is 239 g/mol. The highest BCUT2D eigenvalue weighted by atomic mass is 16.2. The summed E-state index contributed by atoms with van der Waals surface area (Å²) in [5.74, 6) is 0.140. The highest BCUT2D eigenvalue weighted by Crippen LogP contribution is 2.34. The van der Waals surface area contributed by atoms with Crippen molar-refractivity contribution in [3.8, 4) is 0 Å². The van der Waals surface area contributed by atoms with Crippen molar-refractivity contribution in [2.75, 3.05) is 32.7 Å². The van der Waals surface area contributed by atoms with E-state index < -0.39 is 0 Å². The number of hydrogen-bond donors (Lipinski definition) is 2. The van der Waals surface area contributed by atoms with Crippen LogP contribution in [0.15, 0.2) is 0 Å². The Morgan fingerprint density at radius 2 is 2.06 bits per heavy atom. The number of piperidine rings is 1. The molecular formula is C12H21N3O2. The Bertz CT molecular complexity index is 311. The lowest BCUT2D eigenvalue weighted by Gasteiger charge is -2.40. The average Bonchev–Trinajstić information content (AvgIpc) is 2.38. The Morgan fingerprint density at radius 3 is 2.65 bits per heavy atom. The van der Waals surface area contributed by atoms with Crippen LogP contribution in [0.25, 0.3) is 0 Å². The van der Waals surface area contributed by atoms with Gasteiger partial charge in [-0.25, -0.2) is 0 Å². The summed E-state index contributed by atoms with van der Waals surface area (Å²) < 4.78 is 0. The number of rotatable bonds is 2. The van der Waals surface area contributed by atoms with Gasteiger partial charge in [-0.15, -0.1) is 0 Å². The van der Waals surface area contributed by atoms with Crippen LogP contribution < -0.4 is 10.6 Å². The third-order valence-electron chi connectivity index (χ3n) is 4.02. The summed E-state index contributed by atoms with van der Waals surface area (Å²) in [6.45, 7) is 5.35. The normalized spacial score (nSPS) is 24.3. The maximum absolute atomic E-state index is 12.6. The molecule has 0 spiro atoms. The van der Waals surface area contributed by atoms with Gasteiger partial charge in [0, 0.05) is 13.1 Å². The maximum Gasteiger partial charge on any atom is 0.239 e. The fourth-order valence-corrected chi connectivity index (χ4v) is 2.77. The molecule has 0 aliphatic carbocycles. The van der Waals surface area contributed by atoms with Crippen molar-refractivity contribution >= 4 is 11.8 Å². The number of carbonyl (C=O) groups is 2. The first-order chi connectivity index (χ1) is 8.18. The molecule has 0 aromatic rings. The highest BCUT2D eigenvalue weighted by Gasteiger charge is 2.41. The maximum atomic E-state index is 12.6. The predicted octanol–water partition coefficient (Wildman–Crippen LogP) is -0.275. The van der Waals surface area contributed by atoms with E-state index in [1.54, 1.807) is 4.90 Å². The van der Waals surface area contributed by atoms with Crippen LogP contribution >= 0.6 is 0 Å². The van der Waals surface area contributed by atoms with E-state index in [1.807, 2.05) is 0 Å². The van der Waals surface area contributed by atoms with Crippen LogP contribution in [0.1, 0.15) is 26.2 Å².